The third kappa shape index (κ3) is 3.23. The van der Waals surface area contributed by atoms with Gasteiger partial charge in [-0.15, -0.1) is 0 Å². The van der Waals surface area contributed by atoms with Crippen molar-refractivity contribution in [3.05, 3.63) is 53.1 Å². The number of aromatic nitrogens is 2. The van der Waals surface area contributed by atoms with Crippen LogP contribution in [0.5, 0.6) is 0 Å². The van der Waals surface area contributed by atoms with Crippen molar-refractivity contribution < 1.29 is 18.0 Å². The zero-order chi connectivity index (χ0) is 16.6. The summed E-state index contributed by atoms with van der Waals surface area (Å²) in [6, 6.07) is 4.56. The van der Waals surface area contributed by atoms with Gasteiger partial charge >= 0.3 is 6.18 Å². The lowest BCUT2D eigenvalue weighted by Crippen LogP contribution is -2.28. The number of benzene rings is 1. The molecule has 7 heteroatoms. The fourth-order valence-electron chi connectivity index (χ4n) is 2.82. The lowest BCUT2D eigenvalue weighted by atomic mass is 10.1. The molecule has 122 valence electrons. The van der Waals surface area contributed by atoms with E-state index in [0.717, 1.165) is 30.1 Å². The Morgan fingerprint density at radius 2 is 2.17 bits per heavy atom. The van der Waals surface area contributed by atoms with Crippen LogP contribution in [0.3, 0.4) is 0 Å². The number of nitrogens with zero attached hydrogens (tertiary/aromatic N) is 2. The number of halogens is 3. The predicted molar refractivity (Wildman–Crippen MR) is 78.0 cm³/mol. The molecule has 1 aliphatic rings. The summed E-state index contributed by atoms with van der Waals surface area (Å²) in [4.78, 5) is 21.4. The summed E-state index contributed by atoms with van der Waals surface area (Å²) in [5, 5.41) is 0. The number of rotatable bonds is 2. The molecule has 0 bridgehead atoms. The summed E-state index contributed by atoms with van der Waals surface area (Å²) in [7, 11) is 0. The monoisotopic (exact) mass is 323 g/mol. The van der Waals surface area contributed by atoms with Gasteiger partial charge in [-0.3, -0.25) is 4.79 Å². The van der Waals surface area contributed by atoms with E-state index in [1.54, 1.807) is 11.1 Å². The molecule has 1 aromatic carbocycles. The molecule has 1 aromatic heterocycles. The van der Waals surface area contributed by atoms with Crippen LogP contribution in [0.4, 0.5) is 13.2 Å². The van der Waals surface area contributed by atoms with Gasteiger partial charge in [0, 0.05) is 36.5 Å². The lowest BCUT2D eigenvalue weighted by molar-refractivity contribution is -0.137. The fraction of sp³-hybridized carbons (Fsp3) is 0.375. The Hall–Kier alpha value is -2.31. The number of nitrogens with one attached hydrogen (secondary N) is 1. The number of aryl methyl sites for hydroxylation is 1. The SMILES string of the molecule is Cc1cnc([C@@H]2CCN(C(=O)c3cccc(C(F)(F)F)c3)C2)[nH]1. The molecule has 1 N–H and O–H groups in total. The molecule has 1 saturated heterocycles. The number of carbonyl (C=O) groups excluding carboxylic acids is 1. The first-order valence-corrected chi connectivity index (χ1v) is 7.32. The zero-order valence-electron chi connectivity index (χ0n) is 12.5. The standard InChI is InChI=1S/C16H16F3N3O/c1-10-8-20-14(21-10)12-5-6-22(9-12)15(23)11-3-2-4-13(7-11)16(17,18)19/h2-4,7-8,12H,5-6,9H2,1H3,(H,20,21)/t12-/m1/s1. The highest BCUT2D eigenvalue weighted by atomic mass is 19.4. The maximum absolute atomic E-state index is 12.8. The third-order valence-electron chi connectivity index (χ3n) is 4.02. The van der Waals surface area contributed by atoms with Crippen LogP contribution in [0.15, 0.2) is 30.5 Å². The van der Waals surface area contributed by atoms with Crippen LogP contribution in [0.2, 0.25) is 0 Å². The average molecular weight is 323 g/mol. The number of amides is 1. The van der Waals surface area contributed by atoms with Crippen molar-refractivity contribution in [2.75, 3.05) is 13.1 Å². The van der Waals surface area contributed by atoms with Crippen LogP contribution >= 0.6 is 0 Å². The van der Waals surface area contributed by atoms with E-state index in [0.29, 0.717) is 13.1 Å². The van der Waals surface area contributed by atoms with Crippen molar-refractivity contribution in [3.8, 4) is 0 Å². The van der Waals surface area contributed by atoms with E-state index in [-0.39, 0.29) is 17.4 Å². The molecule has 0 spiro atoms. The molecule has 23 heavy (non-hydrogen) atoms. The van der Waals surface area contributed by atoms with Gasteiger partial charge in [0.05, 0.1) is 5.56 Å². The highest BCUT2D eigenvalue weighted by Gasteiger charge is 2.33. The molecule has 4 nitrogen and oxygen atoms in total. The number of H-pyrrole nitrogens is 1. The van der Waals surface area contributed by atoms with Gasteiger partial charge in [-0.25, -0.2) is 4.98 Å². The van der Waals surface area contributed by atoms with E-state index in [1.807, 2.05) is 6.92 Å². The van der Waals surface area contributed by atoms with Crippen LogP contribution in [0.1, 0.15) is 39.8 Å². The van der Waals surface area contributed by atoms with E-state index in [9.17, 15) is 18.0 Å². The van der Waals surface area contributed by atoms with Crippen molar-refractivity contribution in [2.24, 2.45) is 0 Å². The Labute approximate surface area is 131 Å². The molecule has 1 fully saturated rings. The second-order valence-electron chi connectivity index (χ2n) is 5.77. The highest BCUT2D eigenvalue weighted by molar-refractivity contribution is 5.94. The predicted octanol–water partition coefficient (Wildman–Crippen LogP) is 3.37. The summed E-state index contributed by atoms with van der Waals surface area (Å²) in [5.41, 5.74) is 0.208. The van der Waals surface area contributed by atoms with E-state index < -0.39 is 11.7 Å². The van der Waals surface area contributed by atoms with Crippen molar-refractivity contribution in [3.63, 3.8) is 0 Å². The first-order valence-electron chi connectivity index (χ1n) is 7.32. The zero-order valence-corrected chi connectivity index (χ0v) is 12.5. The molecular formula is C16H16F3N3O. The second-order valence-corrected chi connectivity index (χ2v) is 5.77. The Morgan fingerprint density at radius 1 is 1.39 bits per heavy atom. The molecule has 0 saturated carbocycles. The maximum atomic E-state index is 12.8. The number of alkyl halides is 3. The van der Waals surface area contributed by atoms with Gasteiger partial charge in [-0.05, 0) is 31.5 Å². The number of imidazole rings is 1. The quantitative estimate of drug-likeness (QED) is 0.921. The molecule has 0 aliphatic carbocycles. The minimum atomic E-state index is -4.45. The van der Waals surface area contributed by atoms with Crippen LogP contribution in [-0.4, -0.2) is 33.9 Å². The van der Waals surface area contributed by atoms with Crippen LogP contribution in [0.25, 0.3) is 0 Å². The molecule has 0 radical (unpaired) electrons. The first-order chi connectivity index (χ1) is 10.8. The summed E-state index contributed by atoms with van der Waals surface area (Å²) in [6.45, 7) is 2.87. The lowest BCUT2D eigenvalue weighted by Gasteiger charge is -2.17. The molecule has 1 atom stereocenters. The van der Waals surface area contributed by atoms with E-state index in [1.165, 1.54) is 12.1 Å². The first kappa shape index (κ1) is 15.6. The molecule has 1 aliphatic heterocycles. The summed E-state index contributed by atoms with van der Waals surface area (Å²) < 4.78 is 38.3. The minimum Gasteiger partial charge on any atom is -0.346 e. The average Bonchev–Trinajstić information content (AvgIpc) is 3.14. The topological polar surface area (TPSA) is 49.0 Å². The van der Waals surface area contributed by atoms with E-state index in [4.69, 9.17) is 0 Å². The van der Waals surface area contributed by atoms with Crippen molar-refractivity contribution >= 4 is 5.91 Å². The van der Waals surface area contributed by atoms with Crippen LogP contribution in [-0.2, 0) is 6.18 Å². The largest absolute Gasteiger partial charge is 0.416 e. The van der Waals surface area contributed by atoms with Gasteiger partial charge in [0.15, 0.2) is 0 Å². The van der Waals surface area contributed by atoms with E-state index in [2.05, 4.69) is 9.97 Å². The fourth-order valence-corrected chi connectivity index (χ4v) is 2.82. The van der Waals surface area contributed by atoms with Crippen molar-refractivity contribution in [1.82, 2.24) is 14.9 Å². The van der Waals surface area contributed by atoms with E-state index >= 15 is 0 Å². The number of hydrogen-bond acceptors (Lipinski definition) is 2. The summed E-state index contributed by atoms with van der Waals surface area (Å²) in [5.74, 6) is 0.544. The molecular weight excluding hydrogens is 307 g/mol. The summed E-state index contributed by atoms with van der Waals surface area (Å²) >= 11 is 0. The van der Waals surface area contributed by atoms with Crippen LogP contribution < -0.4 is 0 Å². The van der Waals surface area contributed by atoms with Gasteiger partial charge in [-0.2, -0.15) is 13.2 Å². The second kappa shape index (κ2) is 5.72. The summed E-state index contributed by atoms with van der Waals surface area (Å²) in [6.07, 6.45) is -1.97. The number of likely N-dealkylation sites (tertiary alicyclic amines) is 1. The number of hydrogen-bond donors (Lipinski definition) is 1. The van der Waals surface area contributed by atoms with Crippen LogP contribution in [0, 0.1) is 6.92 Å². The van der Waals surface area contributed by atoms with Crippen molar-refractivity contribution in [2.45, 2.75) is 25.4 Å². The minimum absolute atomic E-state index is 0.0658. The highest BCUT2D eigenvalue weighted by Crippen LogP contribution is 2.31. The Bertz CT molecular complexity index is 723. The third-order valence-corrected chi connectivity index (χ3v) is 4.02. The normalized spacial score (nSPS) is 18.4. The van der Waals surface area contributed by atoms with Gasteiger partial charge in [0.2, 0.25) is 0 Å². The van der Waals surface area contributed by atoms with Gasteiger partial charge < -0.3 is 9.88 Å². The Morgan fingerprint density at radius 3 is 2.83 bits per heavy atom. The number of carbonyl (C=O) groups is 1. The van der Waals surface area contributed by atoms with Crippen molar-refractivity contribution in [1.29, 1.82) is 0 Å². The van der Waals surface area contributed by atoms with Gasteiger partial charge in [-0.1, -0.05) is 6.07 Å². The molecule has 2 heterocycles. The molecule has 2 aromatic rings. The Balaban J connectivity index is 1.74. The molecule has 0 unspecified atom stereocenters. The maximum Gasteiger partial charge on any atom is 0.416 e. The van der Waals surface area contributed by atoms with Gasteiger partial charge in [0.25, 0.3) is 5.91 Å². The molecule has 3 rings (SSSR count). The smallest absolute Gasteiger partial charge is 0.346 e. The molecule has 1 amide bonds. The Kier molecular flexibility index (Phi) is 3.87. The van der Waals surface area contributed by atoms with Gasteiger partial charge in [0.1, 0.15) is 5.82 Å². The number of aromatic amines is 1.